The Morgan fingerprint density at radius 2 is 0.889 bits per heavy atom. The minimum Gasteiger partial charge on any atom is -0.504 e. The Morgan fingerprint density at radius 3 is 1.24 bits per heavy atom. The number of ether oxygens (including phenoxy) is 3. The number of aliphatic hydroxyl groups excluding tert-OH is 2. The van der Waals surface area contributed by atoms with Crippen molar-refractivity contribution in [3.8, 4) is 51.7 Å². The number of hydrogen-bond acceptors (Lipinski definition) is 18. The third kappa shape index (κ3) is 7.45. The topological polar surface area (TPSA) is 318 Å². The molecule has 0 saturated heterocycles. The summed E-state index contributed by atoms with van der Waals surface area (Å²) < 4.78 is 14.9. The van der Waals surface area contributed by atoms with E-state index >= 15 is 0 Å². The van der Waals surface area contributed by atoms with Gasteiger partial charge in [-0.25, -0.2) is 14.4 Å². The molecule has 0 unspecified atom stereocenters. The van der Waals surface area contributed by atoms with Gasteiger partial charge in [0, 0.05) is 0 Å². The van der Waals surface area contributed by atoms with Crippen molar-refractivity contribution in [1.29, 1.82) is 0 Å². The fraction of sp³-hybridized carbons (Fsp3) is 0.185. The van der Waals surface area contributed by atoms with Crippen LogP contribution in [-0.4, -0.2) is 111 Å². The monoisotopic (exact) mass is 636 g/mol. The zero-order chi connectivity index (χ0) is 33.7. The van der Waals surface area contributed by atoms with Crippen LogP contribution in [0.4, 0.5) is 0 Å². The number of rotatable bonds is 11. The maximum atomic E-state index is 12.9. The van der Waals surface area contributed by atoms with E-state index in [0.717, 1.165) is 0 Å². The number of carbonyl (C=O) groups excluding carboxylic acids is 4. The quantitative estimate of drug-likeness (QED) is 0.0722. The van der Waals surface area contributed by atoms with E-state index in [1.54, 1.807) is 0 Å². The van der Waals surface area contributed by atoms with Crippen LogP contribution in [0, 0.1) is 0 Å². The minimum atomic E-state index is -2.43. The smallest absolute Gasteiger partial charge is 0.339 e. The van der Waals surface area contributed by atoms with Crippen molar-refractivity contribution in [2.45, 2.75) is 18.3 Å². The van der Waals surface area contributed by atoms with Gasteiger partial charge in [0.2, 0.25) is 11.9 Å². The van der Waals surface area contributed by atoms with Crippen LogP contribution in [-0.2, 0) is 19.0 Å². The van der Waals surface area contributed by atoms with Gasteiger partial charge >= 0.3 is 17.9 Å². The molecule has 0 spiro atoms. The standard InChI is InChI=1S/C27H24O18/c28-7-18(35)23(44-26(41)10-3-14(31)21(38)15(32)4-10)24(45-27(42)11-5-16(33)22(39)17(34)6-11)19(36)8-43-25(40)9-1-12(29)20(37)13(30)2-9/h1-6,19,23-24,28-34,36-39H,7-8H2/t19-,23-,24-/m1/s1. The summed E-state index contributed by atoms with van der Waals surface area (Å²) in [6, 6.07) is 3.74. The first kappa shape index (κ1) is 33.4. The highest BCUT2D eigenvalue weighted by molar-refractivity contribution is 5.95. The largest absolute Gasteiger partial charge is 0.504 e. The average molecular weight is 636 g/mol. The summed E-state index contributed by atoms with van der Waals surface area (Å²) in [5.74, 6) is -14.7. The van der Waals surface area contributed by atoms with E-state index in [2.05, 4.69) is 0 Å². The number of carbonyl (C=O) groups is 4. The van der Waals surface area contributed by atoms with Crippen LogP contribution in [0.1, 0.15) is 31.1 Å². The van der Waals surface area contributed by atoms with E-state index in [4.69, 9.17) is 14.2 Å². The van der Waals surface area contributed by atoms with Gasteiger partial charge in [0.15, 0.2) is 57.8 Å². The van der Waals surface area contributed by atoms with E-state index in [0.29, 0.717) is 36.4 Å². The molecule has 0 amide bonds. The Labute approximate surface area is 250 Å². The van der Waals surface area contributed by atoms with Crippen LogP contribution < -0.4 is 0 Å². The van der Waals surface area contributed by atoms with E-state index in [1.165, 1.54) is 0 Å². The van der Waals surface area contributed by atoms with Gasteiger partial charge in [-0.3, -0.25) is 4.79 Å². The molecular weight excluding hydrogens is 612 g/mol. The van der Waals surface area contributed by atoms with Crippen molar-refractivity contribution < 1.29 is 89.6 Å². The summed E-state index contributed by atoms with van der Waals surface area (Å²) in [5, 5.41) is 107. The Balaban J connectivity index is 1.97. The van der Waals surface area contributed by atoms with Crippen molar-refractivity contribution in [3.05, 3.63) is 53.1 Å². The van der Waals surface area contributed by atoms with Gasteiger partial charge in [0.05, 0.1) is 16.7 Å². The molecule has 0 aliphatic carbocycles. The Kier molecular flexibility index (Phi) is 9.97. The minimum absolute atomic E-state index is 0.556. The molecule has 0 saturated carbocycles. The molecule has 0 aliphatic heterocycles. The molecule has 11 N–H and O–H groups in total. The molecule has 3 atom stereocenters. The maximum Gasteiger partial charge on any atom is 0.339 e. The highest BCUT2D eigenvalue weighted by atomic mass is 16.6. The third-order valence-electron chi connectivity index (χ3n) is 5.93. The molecule has 0 aliphatic rings. The zero-order valence-corrected chi connectivity index (χ0v) is 22.4. The van der Waals surface area contributed by atoms with E-state index < -0.39 is 124 Å². The van der Waals surface area contributed by atoms with Crippen LogP contribution in [0.5, 0.6) is 51.7 Å². The number of benzene rings is 3. The molecule has 45 heavy (non-hydrogen) atoms. The second-order valence-electron chi connectivity index (χ2n) is 9.08. The number of ketones is 1. The predicted octanol–water partition coefficient (Wildman–Crippen LogP) is -0.433. The Morgan fingerprint density at radius 1 is 0.556 bits per heavy atom. The summed E-state index contributed by atoms with van der Waals surface area (Å²) in [6.07, 6.45) is -7.10. The van der Waals surface area contributed by atoms with E-state index in [9.17, 15) is 75.3 Å². The molecule has 18 heteroatoms. The normalized spacial score (nSPS) is 12.8. The second kappa shape index (κ2) is 13.4. The number of aromatic hydroxyl groups is 9. The molecule has 0 fully saturated rings. The molecular formula is C27H24O18. The number of phenolic OH excluding ortho intramolecular Hbond substituents is 9. The van der Waals surface area contributed by atoms with E-state index in [1.807, 2.05) is 0 Å². The van der Waals surface area contributed by atoms with Crippen LogP contribution in [0.25, 0.3) is 0 Å². The lowest BCUT2D eigenvalue weighted by Gasteiger charge is -2.29. The summed E-state index contributed by atoms with van der Waals surface area (Å²) >= 11 is 0. The third-order valence-corrected chi connectivity index (χ3v) is 5.93. The van der Waals surface area contributed by atoms with Crippen molar-refractivity contribution >= 4 is 23.7 Å². The zero-order valence-electron chi connectivity index (χ0n) is 22.4. The fourth-order valence-corrected chi connectivity index (χ4v) is 3.63. The molecule has 3 aromatic rings. The summed E-state index contributed by atoms with van der Waals surface area (Å²) in [4.78, 5) is 50.9. The van der Waals surface area contributed by atoms with Gasteiger partial charge in [-0.1, -0.05) is 0 Å². The lowest BCUT2D eigenvalue weighted by molar-refractivity contribution is -0.145. The Hall–Kier alpha value is -6.14. The fourth-order valence-electron chi connectivity index (χ4n) is 3.63. The van der Waals surface area contributed by atoms with Gasteiger partial charge in [0.1, 0.15) is 19.3 Å². The number of hydrogen-bond donors (Lipinski definition) is 11. The number of Topliss-reactive ketones (excluding diaryl/α,β-unsaturated/α-hetero) is 1. The first-order valence-electron chi connectivity index (χ1n) is 12.2. The molecule has 0 radical (unpaired) electrons. The number of phenols is 9. The van der Waals surface area contributed by atoms with Crippen molar-refractivity contribution in [3.63, 3.8) is 0 Å². The second-order valence-corrected chi connectivity index (χ2v) is 9.08. The van der Waals surface area contributed by atoms with Gasteiger partial charge in [-0.15, -0.1) is 0 Å². The van der Waals surface area contributed by atoms with Crippen molar-refractivity contribution in [1.82, 2.24) is 0 Å². The Bertz CT molecular complexity index is 1580. The highest BCUT2D eigenvalue weighted by Gasteiger charge is 2.41. The maximum absolute atomic E-state index is 12.9. The first-order chi connectivity index (χ1) is 21.0. The van der Waals surface area contributed by atoms with Crippen molar-refractivity contribution in [2.24, 2.45) is 0 Å². The molecule has 0 aromatic heterocycles. The lowest BCUT2D eigenvalue weighted by atomic mass is 10.0. The number of esters is 3. The molecule has 18 nitrogen and oxygen atoms in total. The van der Waals surface area contributed by atoms with Gasteiger partial charge in [0.25, 0.3) is 0 Å². The van der Waals surface area contributed by atoms with Crippen molar-refractivity contribution in [2.75, 3.05) is 13.2 Å². The molecule has 3 rings (SSSR count). The average Bonchev–Trinajstić information content (AvgIpc) is 2.99. The van der Waals surface area contributed by atoms with Crippen LogP contribution in [0.2, 0.25) is 0 Å². The SMILES string of the molecule is O=C(OC[C@@H](O)[C@@H](OC(=O)c1cc(O)c(O)c(O)c1)[C@H](OC(=O)c1cc(O)c(O)c(O)c1)C(=O)CO)c1cc(O)c(O)c(O)c1. The van der Waals surface area contributed by atoms with Gasteiger partial charge in [-0.2, -0.15) is 0 Å². The number of aliphatic hydroxyl groups is 2. The van der Waals surface area contributed by atoms with Crippen LogP contribution >= 0.6 is 0 Å². The van der Waals surface area contributed by atoms with Gasteiger partial charge in [-0.05, 0) is 36.4 Å². The molecule has 0 heterocycles. The highest BCUT2D eigenvalue weighted by Crippen LogP contribution is 2.38. The van der Waals surface area contributed by atoms with Gasteiger partial charge < -0.3 is 70.4 Å². The molecule has 0 bridgehead atoms. The van der Waals surface area contributed by atoms with Crippen LogP contribution in [0.15, 0.2) is 36.4 Å². The molecule has 3 aromatic carbocycles. The summed E-state index contributed by atoms with van der Waals surface area (Å²) in [6.45, 7) is -2.59. The predicted molar refractivity (Wildman–Crippen MR) is 141 cm³/mol. The molecule has 240 valence electrons. The summed E-state index contributed by atoms with van der Waals surface area (Å²) in [7, 11) is 0. The summed E-state index contributed by atoms with van der Waals surface area (Å²) in [5.41, 5.74) is -1.94. The first-order valence-corrected chi connectivity index (χ1v) is 12.2. The van der Waals surface area contributed by atoms with E-state index in [-0.39, 0.29) is 0 Å². The van der Waals surface area contributed by atoms with Crippen LogP contribution in [0.3, 0.4) is 0 Å². The lowest BCUT2D eigenvalue weighted by Crippen LogP contribution is -2.50.